The highest BCUT2D eigenvalue weighted by molar-refractivity contribution is 6.32. The molecule has 0 aliphatic carbocycles. The van der Waals surface area contributed by atoms with Crippen molar-refractivity contribution in [2.24, 2.45) is 0 Å². The van der Waals surface area contributed by atoms with Crippen LogP contribution in [0.1, 0.15) is 29.6 Å². The topological polar surface area (TPSA) is 82.2 Å². The van der Waals surface area contributed by atoms with Gasteiger partial charge < -0.3 is 14.6 Å². The number of nitrogens with zero attached hydrogens (tertiary/aromatic N) is 3. The van der Waals surface area contributed by atoms with Crippen molar-refractivity contribution in [3.05, 3.63) is 65.0 Å². The zero-order valence-corrected chi connectivity index (χ0v) is 15.3. The third-order valence-corrected chi connectivity index (χ3v) is 4.08. The zero-order valence-electron chi connectivity index (χ0n) is 14.6. The normalized spacial score (nSPS) is 12.0. The quantitative estimate of drug-likeness (QED) is 0.635. The third-order valence-electron chi connectivity index (χ3n) is 3.78. The maximum absolute atomic E-state index is 13.0. The number of aromatic nitrogens is 3. The largest absolute Gasteiger partial charge is 0.484 e. The molecule has 0 saturated carbocycles. The highest BCUT2D eigenvalue weighted by Gasteiger charge is 2.15. The maximum Gasteiger partial charge on any atom is 0.273 e. The predicted octanol–water partition coefficient (Wildman–Crippen LogP) is 3.45. The van der Waals surface area contributed by atoms with E-state index < -0.39 is 5.82 Å². The first-order valence-electron chi connectivity index (χ1n) is 8.33. The number of benzene rings is 1. The smallest absolute Gasteiger partial charge is 0.273 e. The van der Waals surface area contributed by atoms with E-state index in [4.69, 9.17) is 20.9 Å². The molecule has 142 valence electrons. The summed E-state index contributed by atoms with van der Waals surface area (Å²) in [7, 11) is 0. The number of hydrogen-bond acceptors (Lipinski definition) is 5. The van der Waals surface area contributed by atoms with Crippen molar-refractivity contribution in [2.45, 2.75) is 32.5 Å². The van der Waals surface area contributed by atoms with Gasteiger partial charge in [-0.25, -0.2) is 4.39 Å². The second-order valence-corrected chi connectivity index (χ2v) is 6.38. The molecule has 0 fully saturated rings. The van der Waals surface area contributed by atoms with Crippen LogP contribution in [0.2, 0.25) is 5.02 Å². The lowest BCUT2D eigenvalue weighted by molar-refractivity contribution is 0.0928. The number of rotatable bonds is 8. The van der Waals surface area contributed by atoms with E-state index in [-0.39, 0.29) is 29.3 Å². The minimum Gasteiger partial charge on any atom is -0.484 e. The summed E-state index contributed by atoms with van der Waals surface area (Å²) in [5, 5.41) is 10.9. The van der Waals surface area contributed by atoms with Gasteiger partial charge in [-0.05, 0) is 37.6 Å². The molecule has 1 N–H and O–H groups in total. The Morgan fingerprint density at radius 1 is 1.44 bits per heavy atom. The number of halogens is 2. The number of nitrogens with one attached hydrogen (secondary N) is 1. The Kier molecular flexibility index (Phi) is 6.08. The van der Waals surface area contributed by atoms with E-state index >= 15 is 0 Å². The lowest BCUT2D eigenvalue weighted by Gasteiger charge is -2.12. The SMILES string of the molecule is C[C@H](CCn1cccn1)NC(=O)c1cc(COc2ccc(F)cc2Cl)on1. The minimum atomic E-state index is -0.451. The Labute approximate surface area is 160 Å². The van der Waals surface area contributed by atoms with Gasteiger partial charge in [0.25, 0.3) is 5.91 Å². The van der Waals surface area contributed by atoms with Gasteiger partial charge in [0.2, 0.25) is 0 Å². The molecule has 7 nitrogen and oxygen atoms in total. The number of aryl methyl sites for hydroxylation is 1. The lowest BCUT2D eigenvalue weighted by Crippen LogP contribution is -2.33. The van der Waals surface area contributed by atoms with E-state index in [1.165, 1.54) is 18.2 Å². The Hall–Kier alpha value is -2.87. The van der Waals surface area contributed by atoms with Gasteiger partial charge in [-0.2, -0.15) is 5.10 Å². The van der Waals surface area contributed by atoms with Crippen LogP contribution >= 0.6 is 11.6 Å². The Balaban J connectivity index is 1.49. The molecule has 3 aromatic rings. The van der Waals surface area contributed by atoms with E-state index in [2.05, 4.69) is 15.6 Å². The van der Waals surface area contributed by atoms with Crippen molar-refractivity contribution in [1.82, 2.24) is 20.3 Å². The van der Waals surface area contributed by atoms with Crippen molar-refractivity contribution in [3.8, 4) is 5.75 Å². The zero-order chi connectivity index (χ0) is 19.2. The molecular weight excluding hydrogens is 375 g/mol. The molecular formula is C18H18ClFN4O3. The fourth-order valence-corrected chi connectivity index (χ4v) is 2.58. The van der Waals surface area contributed by atoms with Crippen molar-refractivity contribution in [2.75, 3.05) is 0 Å². The average Bonchev–Trinajstić information content (AvgIpc) is 3.31. The molecule has 0 aliphatic heterocycles. The van der Waals surface area contributed by atoms with Crippen LogP contribution in [0.4, 0.5) is 4.39 Å². The van der Waals surface area contributed by atoms with Crippen LogP contribution < -0.4 is 10.1 Å². The molecule has 9 heteroatoms. The summed E-state index contributed by atoms with van der Waals surface area (Å²) >= 11 is 5.89. The van der Waals surface area contributed by atoms with Gasteiger partial charge >= 0.3 is 0 Å². The number of carbonyl (C=O) groups is 1. The van der Waals surface area contributed by atoms with Crippen LogP contribution in [0.25, 0.3) is 0 Å². The van der Waals surface area contributed by atoms with Crippen LogP contribution in [0.15, 0.2) is 47.2 Å². The average molecular weight is 393 g/mol. The van der Waals surface area contributed by atoms with E-state index in [1.807, 2.05) is 19.2 Å². The summed E-state index contributed by atoms with van der Waals surface area (Å²) < 4.78 is 25.4. The maximum atomic E-state index is 13.0. The van der Waals surface area contributed by atoms with Gasteiger partial charge in [-0.15, -0.1) is 0 Å². The van der Waals surface area contributed by atoms with Crippen molar-refractivity contribution >= 4 is 17.5 Å². The minimum absolute atomic E-state index is 0.0144. The molecule has 0 saturated heterocycles. The second-order valence-electron chi connectivity index (χ2n) is 5.97. The number of ether oxygens (including phenoxy) is 1. The lowest BCUT2D eigenvalue weighted by atomic mass is 10.2. The van der Waals surface area contributed by atoms with E-state index in [1.54, 1.807) is 10.9 Å². The van der Waals surface area contributed by atoms with Gasteiger partial charge in [-0.1, -0.05) is 16.8 Å². The standard InChI is InChI=1S/C18H18ClFN4O3/c1-12(5-8-24-7-2-6-21-24)22-18(25)16-10-14(27-23-16)11-26-17-4-3-13(20)9-15(17)19/h2-4,6-7,9-10,12H,5,8,11H2,1H3,(H,22,25)/t12-/m1/s1. The number of amides is 1. The first-order chi connectivity index (χ1) is 13.0. The molecule has 0 radical (unpaired) electrons. The van der Waals surface area contributed by atoms with Gasteiger partial charge in [0.05, 0.1) is 5.02 Å². The van der Waals surface area contributed by atoms with Crippen molar-refractivity contribution in [3.63, 3.8) is 0 Å². The Bertz CT molecular complexity index is 898. The number of hydrogen-bond donors (Lipinski definition) is 1. The third kappa shape index (κ3) is 5.30. The molecule has 0 spiro atoms. The fourth-order valence-electron chi connectivity index (χ4n) is 2.36. The molecule has 0 aliphatic rings. The van der Waals surface area contributed by atoms with Crippen molar-refractivity contribution in [1.29, 1.82) is 0 Å². The second kappa shape index (κ2) is 8.68. The molecule has 2 heterocycles. The van der Waals surface area contributed by atoms with Gasteiger partial charge in [-0.3, -0.25) is 9.48 Å². The summed E-state index contributed by atoms with van der Waals surface area (Å²) in [5.41, 5.74) is 0.157. The van der Waals surface area contributed by atoms with Crippen LogP contribution in [-0.2, 0) is 13.2 Å². The van der Waals surface area contributed by atoms with E-state index in [9.17, 15) is 9.18 Å². The predicted molar refractivity (Wildman–Crippen MR) is 96.0 cm³/mol. The monoisotopic (exact) mass is 392 g/mol. The summed E-state index contributed by atoms with van der Waals surface area (Å²) in [6.45, 7) is 2.62. The van der Waals surface area contributed by atoms with Gasteiger partial charge in [0.1, 0.15) is 18.2 Å². The summed E-state index contributed by atoms with van der Waals surface area (Å²) in [6.07, 6.45) is 4.30. The molecule has 2 aromatic heterocycles. The molecule has 1 aromatic carbocycles. The van der Waals surface area contributed by atoms with Crippen LogP contribution in [0, 0.1) is 5.82 Å². The molecule has 0 bridgehead atoms. The summed E-state index contributed by atoms with van der Waals surface area (Å²) in [4.78, 5) is 12.2. The van der Waals surface area contributed by atoms with Gasteiger partial charge in [0, 0.05) is 31.0 Å². The van der Waals surface area contributed by atoms with Gasteiger partial charge in [0.15, 0.2) is 11.5 Å². The molecule has 3 rings (SSSR count). The Morgan fingerprint density at radius 3 is 3.04 bits per heavy atom. The van der Waals surface area contributed by atoms with Crippen LogP contribution in [0.5, 0.6) is 5.75 Å². The Morgan fingerprint density at radius 2 is 2.30 bits per heavy atom. The fraction of sp³-hybridized carbons (Fsp3) is 0.278. The summed E-state index contributed by atoms with van der Waals surface area (Å²) in [5.74, 6) is -0.122. The molecule has 27 heavy (non-hydrogen) atoms. The first-order valence-corrected chi connectivity index (χ1v) is 8.71. The molecule has 0 unspecified atom stereocenters. The van der Waals surface area contributed by atoms with Crippen LogP contribution in [0.3, 0.4) is 0 Å². The highest BCUT2D eigenvalue weighted by Crippen LogP contribution is 2.25. The number of carbonyl (C=O) groups excluding carboxylic acids is 1. The molecule has 1 atom stereocenters. The summed E-state index contributed by atoms with van der Waals surface area (Å²) in [6, 6.07) is 7.10. The van der Waals surface area contributed by atoms with Crippen molar-refractivity contribution < 1.29 is 18.4 Å². The molecule has 1 amide bonds. The van der Waals surface area contributed by atoms with Crippen LogP contribution in [-0.4, -0.2) is 26.9 Å². The van der Waals surface area contributed by atoms with E-state index in [0.717, 1.165) is 12.5 Å². The first kappa shape index (κ1) is 18.9. The highest BCUT2D eigenvalue weighted by atomic mass is 35.5. The van der Waals surface area contributed by atoms with E-state index in [0.29, 0.717) is 18.1 Å².